The van der Waals surface area contributed by atoms with Crippen molar-refractivity contribution in [3.05, 3.63) is 35.1 Å². The third-order valence-electron chi connectivity index (χ3n) is 2.81. The van der Waals surface area contributed by atoms with E-state index in [1.54, 1.807) is 4.90 Å². The number of nitrogens with one attached hydrogen (secondary N) is 1. The second-order valence-electron chi connectivity index (χ2n) is 4.72. The molecule has 0 aliphatic rings. The molecule has 1 heterocycles. The molecular formula is C13H14ClF2N5. The standard InChI is InChI=1S/C13H14ClF2N5/c1-7(2)21(3)13-19-11(14)18-12(20-13)17-10-5-8(15)4-9(16)6-10/h4-7H,1-3H3,(H,17,18,19,20). The Morgan fingerprint density at radius 3 is 2.29 bits per heavy atom. The van der Waals surface area contributed by atoms with Crippen molar-refractivity contribution in [2.75, 3.05) is 17.3 Å². The van der Waals surface area contributed by atoms with E-state index in [4.69, 9.17) is 11.6 Å². The van der Waals surface area contributed by atoms with Gasteiger partial charge in [0.1, 0.15) is 11.6 Å². The van der Waals surface area contributed by atoms with E-state index in [0.29, 0.717) is 5.95 Å². The van der Waals surface area contributed by atoms with Gasteiger partial charge in [-0.2, -0.15) is 15.0 Å². The highest BCUT2D eigenvalue weighted by molar-refractivity contribution is 6.28. The summed E-state index contributed by atoms with van der Waals surface area (Å²) in [7, 11) is 1.81. The number of hydrogen-bond acceptors (Lipinski definition) is 5. The first-order valence-electron chi connectivity index (χ1n) is 6.22. The van der Waals surface area contributed by atoms with Crippen molar-refractivity contribution in [1.29, 1.82) is 0 Å². The summed E-state index contributed by atoms with van der Waals surface area (Å²) in [6.07, 6.45) is 0. The average molecular weight is 314 g/mol. The lowest BCUT2D eigenvalue weighted by Crippen LogP contribution is -2.28. The molecule has 0 aliphatic carbocycles. The maximum absolute atomic E-state index is 13.2. The minimum absolute atomic E-state index is 0.00752. The zero-order chi connectivity index (χ0) is 15.6. The molecule has 0 aliphatic heterocycles. The summed E-state index contributed by atoms with van der Waals surface area (Å²) >= 11 is 5.85. The first-order chi connectivity index (χ1) is 9.85. The van der Waals surface area contributed by atoms with Gasteiger partial charge >= 0.3 is 0 Å². The highest BCUT2D eigenvalue weighted by atomic mass is 35.5. The minimum Gasteiger partial charge on any atom is -0.341 e. The van der Waals surface area contributed by atoms with Gasteiger partial charge in [-0.25, -0.2) is 8.78 Å². The Morgan fingerprint density at radius 1 is 1.10 bits per heavy atom. The van der Waals surface area contributed by atoms with Crippen molar-refractivity contribution in [3.63, 3.8) is 0 Å². The maximum Gasteiger partial charge on any atom is 0.233 e. The molecule has 0 bridgehead atoms. The van der Waals surface area contributed by atoms with Gasteiger partial charge in [0.05, 0.1) is 0 Å². The summed E-state index contributed by atoms with van der Waals surface area (Å²) in [5.41, 5.74) is 0.188. The Kier molecular flexibility index (Phi) is 4.52. The molecule has 1 N–H and O–H groups in total. The van der Waals surface area contributed by atoms with Crippen LogP contribution in [0.2, 0.25) is 5.28 Å². The predicted octanol–water partition coefficient (Wildman–Crippen LogP) is 3.39. The molecule has 5 nitrogen and oxygen atoms in total. The second-order valence-corrected chi connectivity index (χ2v) is 5.05. The SMILES string of the molecule is CC(C)N(C)c1nc(Cl)nc(Nc2cc(F)cc(F)c2)n1. The molecule has 0 saturated carbocycles. The Labute approximate surface area is 126 Å². The van der Waals surface area contributed by atoms with Crippen LogP contribution in [0.15, 0.2) is 18.2 Å². The van der Waals surface area contributed by atoms with Gasteiger partial charge in [0.2, 0.25) is 17.2 Å². The summed E-state index contributed by atoms with van der Waals surface area (Å²) in [5.74, 6) is -0.916. The molecule has 2 rings (SSSR count). The third kappa shape index (κ3) is 3.98. The van der Waals surface area contributed by atoms with Crippen LogP contribution >= 0.6 is 11.6 Å². The quantitative estimate of drug-likeness (QED) is 0.937. The largest absolute Gasteiger partial charge is 0.341 e. The van der Waals surface area contributed by atoms with Crippen LogP contribution in [-0.4, -0.2) is 28.0 Å². The number of aromatic nitrogens is 3. The van der Waals surface area contributed by atoms with Crippen LogP contribution in [0, 0.1) is 11.6 Å². The normalized spacial score (nSPS) is 10.8. The van der Waals surface area contributed by atoms with Gasteiger partial charge in [0, 0.05) is 24.8 Å². The summed E-state index contributed by atoms with van der Waals surface area (Å²) in [4.78, 5) is 13.9. The number of anilines is 3. The summed E-state index contributed by atoms with van der Waals surface area (Å²) in [6, 6.07) is 3.20. The highest BCUT2D eigenvalue weighted by Gasteiger charge is 2.12. The highest BCUT2D eigenvalue weighted by Crippen LogP contribution is 2.19. The third-order valence-corrected chi connectivity index (χ3v) is 2.97. The molecule has 1 aromatic heterocycles. The summed E-state index contributed by atoms with van der Waals surface area (Å²) in [6.45, 7) is 3.93. The van der Waals surface area contributed by atoms with Gasteiger partial charge in [-0.1, -0.05) is 0 Å². The zero-order valence-electron chi connectivity index (χ0n) is 11.7. The molecule has 2 aromatic rings. The van der Waals surface area contributed by atoms with E-state index >= 15 is 0 Å². The van der Waals surface area contributed by atoms with Crippen LogP contribution < -0.4 is 10.2 Å². The van der Waals surface area contributed by atoms with E-state index in [2.05, 4.69) is 20.3 Å². The average Bonchev–Trinajstić information content (AvgIpc) is 2.35. The van der Waals surface area contributed by atoms with Crippen molar-refractivity contribution >= 4 is 29.2 Å². The van der Waals surface area contributed by atoms with E-state index < -0.39 is 11.6 Å². The zero-order valence-corrected chi connectivity index (χ0v) is 12.5. The second kappa shape index (κ2) is 6.17. The van der Waals surface area contributed by atoms with Crippen LogP contribution in [0.25, 0.3) is 0 Å². The van der Waals surface area contributed by atoms with E-state index in [1.165, 1.54) is 0 Å². The van der Waals surface area contributed by atoms with Crippen LogP contribution in [0.5, 0.6) is 0 Å². The Hall–Kier alpha value is -2.02. The molecule has 0 amide bonds. The van der Waals surface area contributed by atoms with Crippen molar-refractivity contribution in [1.82, 2.24) is 15.0 Å². The smallest absolute Gasteiger partial charge is 0.233 e. The molecule has 0 atom stereocenters. The fourth-order valence-corrected chi connectivity index (χ4v) is 1.69. The van der Waals surface area contributed by atoms with Crippen molar-refractivity contribution in [2.24, 2.45) is 0 Å². The first-order valence-corrected chi connectivity index (χ1v) is 6.60. The molecule has 0 spiro atoms. The van der Waals surface area contributed by atoms with Gasteiger partial charge in [0.15, 0.2) is 0 Å². The fourth-order valence-electron chi connectivity index (χ4n) is 1.54. The van der Waals surface area contributed by atoms with Gasteiger partial charge in [-0.3, -0.25) is 0 Å². The van der Waals surface area contributed by atoms with Gasteiger partial charge in [0.25, 0.3) is 0 Å². The van der Waals surface area contributed by atoms with Gasteiger partial charge < -0.3 is 10.2 Å². The predicted molar refractivity (Wildman–Crippen MR) is 78.0 cm³/mol. The van der Waals surface area contributed by atoms with E-state index in [9.17, 15) is 8.78 Å². The van der Waals surface area contributed by atoms with E-state index in [0.717, 1.165) is 18.2 Å². The van der Waals surface area contributed by atoms with Crippen molar-refractivity contribution in [3.8, 4) is 0 Å². The molecule has 112 valence electrons. The lowest BCUT2D eigenvalue weighted by Gasteiger charge is -2.21. The first kappa shape index (κ1) is 15.4. The number of benzene rings is 1. The molecule has 0 fully saturated rings. The molecule has 8 heteroatoms. The summed E-state index contributed by atoms with van der Waals surface area (Å²) in [5, 5.41) is 2.70. The Balaban J connectivity index is 2.31. The van der Waals surface area contributed by atoms with Gasteiger partial charge in [-0.15, -0.1) is 0 Å². The molecule has 0 radical (unpaired) electrons. The van der Waals surface area contributed by atoms with Crippen LogP contribution in [0.3, 0.4) is 0 Å². The van der Waals surface area contributed by atoms with Crippen molar-refractivity contribution < 1.29 is 8.78 Å². The molecule has 21 heavy (non-hydrogen) atoms. The number of hydrogen-bond donors (Lipinski definition) is 1. The molecule has 0 saturated heterocycles. The van der Waals surface area contributed by atoms with Crippen molar-refractivity contribution in [2.45, 2.75) is 19.9 Å². The topological polar surface area (TPSA) is 53.9 Å². The number of halogens is 3. The summed E-state index contributed by atoms with van der Waals surface area (Å²) < 4.78 is 26.3. The lowest BCUT2D eigenvalue weighted by atomic mass is 10.3. The van der Waals surface area contributed by atoms with E-state index in [1.807, 2.05) is 20.9 Å². The lowest BCUT2D eigenvalue weighted by molar-refractivity contribution is 0.584. The number of rotatable bonds is 4. The Bertz CT molecular complexity index is 630. The van der Waals surface area contributed by atoms with Crippen LogP contribution in [0.1, 0.15) is 13.8 Å². The molecular weight excluding hydrogens is 300 g/mol. The fraction of sp³-hybridized carbons (Fsp3) is 0.308. The Morgan fingerprint density at radius 2 is 1.71 bits per heavy atom. The number of nitrogens with zero attached hydrogens (tertiary/aromatic N) is 4. The minimum atomic E-state index is -0.697. The monoisotopic (exact) mass is 313 g/mol. The van der Waals surface area contributed by atoms with Crippen LogP contribution in [-0.2, 0) is 0 Å². The van der Waals surface area contributed by atoms with Crippen LogP contribution in [0.4, 0.5) is 26.4 Å². The van der Waals surface area contributed by atoms with Gasteiger partial charge in [-0.05, 0) is 37.6 Å². The maximum atomic E-state index is 13.2. The molecule has 1 aromatic carbocycles. The molecule has 0 unspecified atom stereocenters. The van der Waals surface area contributed by atoms with E-state index in [-0.39, 0.29) is 23.0 Å².